The minimum atomic E-state index is 0.0193. The predicted octanol–water partition coefficient (Wildman–Crippen LogP) is 3.65. The first kappa shape index (κ1) is 19.2. The van der Waals surface area contributed by atoms with E-state index in [1.165, 1.54) is 11.1 Å². The molecule has 3 rings (SSSR count). The van der Waals surface area contributed by atoms with Crippen molar-refractivity contribution in [3.05, 3.63) is 96.1 Å². The Labute approximate surface area is 165 Å². The number of likely N-dealkylation sites (N-methyl/N-ethyl adjacent to an activating group) is 1. The van der Waals surface area contributed by atoms with Crippen LogP contribution in [-0.2, 0) is 4.79 Å². The standard InChI is InChI=1S/C23H24N2OS/c1-25(17-22(26)24-20-15-9-10-16-21(20)27-2)23(18-11-5-3-6-12-18)19-13-7-4-8-14-19/h3-16,23H,17H2,1-2H3,(H,24,26)/p+1. The molecular weight excluding hydrogens is 352 g/mol. The quantitative estimate of drug-likeness (QED) is 0.616. The normalized spacial score (nSPS) is 12.0. The Morgan fingerprint density at radius 2 is 1.41 bits per heavy atom. The average Bonchev–Trinajstić information content (AvgIpc) is 2.70. The van der Waals surface area contributed by atoms with E-state index >= 15 is 0 Å². The molecule has 3 aromatic carbocycles. The molecule has 0 fully saturated rings. The van der Waals surface area contributed by atoms with Crippen molar-refractivity contribution in [2.75, 3.05) is 25.2 Å². The zero-order valence-electron chi connectivity index (χ0n) is 15.7. The smallest absolute Gasteiger partial charge is 0.279 e. The van der Waals surface area contributed by atoms with E-state index in [0.717, 1.165) is 15.5 Å². The molecule has 0 saturated heterocycles. The average molecular weight is 378 g/mol. The summed E-state index contributed by atoms with van der Waals surface area (Å²) in [7, 11) is 2.07. The largest absolute Gasteiger partial charge is 0.320 e. The summed E-state index contributed by atoms with van der Waals surface area (Å²) in [5, 5.41) is 3.07. The van der Waals surface area contributed by atoms with Crippen LogP contribution in [0, 0.1) is 0 Å². The van der Waals surface area contributed by atoms with Gasteiger partial charge in [0.1, 0.15) is 6.04 Å². The van der Waals surface area contributed by atoms with Gasteiger partial charge in [-0.25, -0.2) is 0 Å². The Morgan fingerprint density at radius 3 is 1.96 bits per heavy atom. The van der Waals surface area contributed by atoms with Crippen LogP contribution in [0.4, 0.5) is 5.69 Å². The Balaban J connectivity index is 1.78. The number of benzene rings is 3. The first-order valence-electron chi connectivity index (χ1n) is 9.04. The Hall–Kier alpha value is -2.56. The molecule has 138 valence electrons. The Kier molecular flexibility index (Phi) is 6.69. The van der Waals surface area contributed by atoms with Crippen molar-refractivity contribution in [1.82, 2.24) is 0 Å². The summed E-state index contributed by atoms with van der Waals surface area (Å²) in [6, 6.07) is 28.8. The molecule has 0 aromatic heterocycles. The molecule has 0 spiro atoms. The number of nitrogens with one attached hydrogen (secondary N) is 2. The second kappa shape index (κ2) is 9.40. The van der Waals surface area contributed by atoms with Crippen LogP contribution in [0.15, 0.2) is 89.8 Å². The third-order valence-corrected chi connectivity index (χ3v) is 5.37. The van der Waals surface area contributed by atoms with Crippen LogP contribution in [0.3, 0.4) is 0 Å². The van der Waals surface area contributed by atoms with E-state index in [-0.39, 0.29) is 11.9 Å². The number of carbonyl (C=O) groups excluding carboxylic acids is 1. The molecular formula is C23H25N2OS+. The van der Waals surface area contributed by atoms with E-state index in [2.05, 4.69) is 36.6 Å². The number of amides is 1. The maximum absolute atomic E-state index is 12.7. The van der Waals surface area contributed by atoms with Crippen LogP contribution in [0.5, 0.6) is 0 Å². The zero-order chi connectivity index (χ0) is 19.1. The molecule has 3 aromatic rings. The van der Waals surface area contributed by atoms with E-state index in [1.807, 2.05) is 66.9 Å². The van der Waals surface area contributed by atoms with Gasteiger partial charge < -0.3 is 10.2 Å². The minimum Gasteiger partial charge on any atom is -0.320 e. The van der Waals surface area contributed by atoms with E-state index in [9.17, 15) is 4.79 Å². The van der Waals surface area contributed by atoms with Gasteiger partial charge in [-0.3, -0.25) is 4.79 Å². The van der Waals surface area contributed by atoms with Gasteiger partial charge in [0.15, 0.2) is 6.54 Å². The number of hydrogen-bond donors (Lipinski definition) is 2. The van der Waals surface area contributed by atoms with Crippen LogP contribution in [-0.4, -0.2) is 25.8 Å². The molecule has 0 aliphatic heterocycles. The summed E-state index contributed by atoms with van der Waals surface area (Å²) < 4.78 is 0. The fraction of sp³-hybridized carbons (Fsp3) is 0.174. The number of carbonyl (C=O) groups is 1. The number of hydrogen-bond acceptors (Lipinski definition) is 2. The van der Waals surface area contributed by atoms with Crippen molar-refractivity contribution in [3.8, 4) is 0 Å². The first-order chi connectivity index (χ1) is 13.2. The number of thioether (sulfide) groups is 1. The molecule has 0 aliphatic rings. The highest BCUT2D eigenvalue weighted by Crippen LogP contribution is 2.24. The molecule has 3 nitrogen and oxygen atoms in total. The SMILES string of the molecule is CSc1ccccc1NC(=O)C[NH+](C)C(c1ccccc1)c1ccccc1. The van der Waals surface area contributed by atoms with Crippen LogP contribution in [0.2, 0.25) is 0 Å². The van der Waals surface area contributed by atoms with Gasteiger partial charge in [-0.15, -0.1) is 11.8 Å². The van der Waals surface area contributed by atoms with Crippen molar-refractivity contribution >= 4 is 23.4 Å². The van der Waals surface area contributed by atoms with Crippen LogP contribution in [0.1, 0.15) is 17.2 Å². The second-order valence-electron chi connectivity index (χ2n) is 6.53. The van der Waals surface area contributed by atoms with Gasteiger partial charge in [0, 0.05) is 16.0 Å². The summed E-state index contributed by atoms with van der Waals surface area (Å²) in [5.41, 5.74) is 3.29. The summed E-state index contributed by atoms with van der Waals surface area (Å²) in [6.45, 7) is 0.386. The maximum atomic E-state index is 12.7. The number of anilines is 1. The fourth-order valence-corrected chi connectivity index (χ4v) is 3.90. The highest BCUT2D eigenvalue weighted by Gasteiger charge is 2.25. The van der Waals surface area contributed by atoms with Crippen molar-refractivity contribution in [2.24, 2.45) is 0 Å². The lowest BCUT2D eigenvalue weighted by molar-refractivity contribution is -0.897. The molecule has 4 heteroatoms. The van der Waals surface area contributed by atoms with Crippen LogP contribution < -0.4 is 10.2 Å². The van der Waals surface area contributed by atoms with Gasteiger partial charge in [-0.05, 0) is 18.4 Å². The fourth-order valence-electron chi connectivity index (χ4n) is 3.35. The van der Waals surface area contributed by atoms with Gasteiger partial charge in [0.05, 0.1) is 12.7 Å². The number of para-hydroxylation sites is 1. The lowest BCUT2D eigenvalue weighted by atomic mass is 9.97. The molecule has 0 saturated carbocycles. The molecule has 1 amide bonds. The maximum Gasteiger partial charge on any atom is 0.279 e. The third-order valence-electron chi connectivity index (χ3n) is 4.58. The van der Waals surface area contributed by atoms with Crippen molar-refractivity contribution < 1.29 is 9.69 Å². The molecule has 2 N–H and O–H groups in total. The molecule has 0 heterocycles. The van der Waals surface area contributed by atoms with E-state index in [4.69, 9.17) is 0 Å². The number of rotatable bonds is 7. The van der Waals surface area contributed by atoms with Gasteiger partial charge in [0.25, 0.3) is 5.91 Å². The van der Waals surface area contributed by atoms with Crippen molar-refractivity contribution in [2.45, 2.75) is 10.9 Å². The lowest BCUT2D eigenvalue weighted by Gasteiger charge is -2.25. The third kappa shape index (κ3) is 5.00. The van der Waals surface area contributed by atoms with Crippen LogP contribution >= 0.6 is 11.8 Å². The number of quaternary nitrogens is 1. The second-order valence-corrected chi connectivity index (χ2v) is 7.37. The summed E-state index contributed by atoms with van der Waals surface area (Å²) in [6.07, 6.45) is 2.02. The topological polar surface area (TPSA) is 33.5 Å². The Morgan fingerprint density at radius 1 is 0.889 bits per heavy atom. The molecule has 1 unspecified atom stereocenters. The van der Waals surface area contributed by atoms with E-state index in [0.29, 0.717) is 6.54 Å². The highest BCUT2D eigenvalue weighted by atomic mass is 32.2. The summed E-state index contributed by atoms with van der Waals surface area (Å²) >= 11 is 1.63. The minimum absolute atomic E-state index is 0.0193. The molecule has 27 heavy (non-hydrogen) atoms. The van der Waals surface area contributed by atoms with Gasteiger partial charge in [0.2, 0.25) is 0 Å². The summed E-state index contributed by atoms with van der Waals surface area (Å²) in [5.74, 6) is 0.0193. The van der Waals surface area contributed by atoms with Crippen molar-refractivity contribution in [3.63, 3.8) is 0 Å². The zero-order valence-corrected chi connectivity index (χ0v) is 16.5. The monoisotopic (exact) mass is 377 g/mol. The van der Waals surface area contributed by atoms with Crippen molar-refractivity contribution in [1.29, 1.82) is 0 Å². The lowest BCUT2D eigenvalue weighted by Crippen LogP contribution is -3.10. The Bertz CT molecular complexity index is 828. The van der Waals surface area contributed by atoms with E-state index in [1.54, 1.807) is 11.8 Å². The first-order valence-corrected chi connectivity index (χ1v) is 10.3. The highest BCUT2D eigenvalue weighted by molar-refractivity contribution is 7.98. The van der Waals surface area contributed by atoms with E-state index < -0.39 is 0 Å². The van der Waals surface area contributed by atoms with Gasteiger partial charge in [-0.1, -0.05) is 72.8 Å². The summed E-state index contributed by atoms with van der Waals surface area (Å²) in [4.78, 5) is 14.9. The van der Waals surface area contributed by atoms with Gasteiger partial charge in [-0.2, -0.15) is 0 Å². The van der Waals surface area contributed by atoms with Crippen LogP contribution in [0.25, 0.3) is 0 Å². The molecule has 0 aliphatic carbocycles. The predicted molar refractivity (Wildman–Crippen MR) is 113 cm³/mol. The molecule has 0 bridgehead atoms. The van der Waals surface area contributed by atoms with Gasteiger partial charge >= 0.3 is 0 Å². The molecule has 1 atom stereocenters. The molecule has 0 radical (unpaired) electrons.